The second kappa shape index (κ2) is 5.59. The molecule has 0 fully saturated rings. The van der Waals surface area contributed by atoms with Gasteiger partial charge in [-0.25, -0.2) is 0 Å². The standard InChI is InChI=1S/C18H12N.Y/c1-2-8-16-13-19(12-15(16)7-1)18-11-5-9-14-6-3-4-10-17(14)18;/h1-9,11H,12H2;/q-1;. The van der Waals surface area contributed by atoms with Gasteiger partial charge in [-0.05, 0) is 6.07 Å². The zero-order chi connectivity index (χ0) is 12.7. The molecule has 0 aliphatic carbocycles. The number of nitrogens with zero attached hydrogens (tertiary/aromatic N) is 1. The number of fused-ring (bicyclic) bond motifs is 2. The minimum atomic E-state index is 0. The van der Waals surface area contributed by atoms with Crippen molar-refractivity contribution in [3.63, 3.8) is 0 Å². The van der Waals surface area contributed by atoms with Crippen molar-refractivity contribution in [3.8, 4) is 0 Å². The molecule has 0 aromatic heterocycles. The maximum atomic E-state index is 3.46. The van der Waals surface area contributed by atoms with E-state index in [0.717, 1.165) is 11.9 Å². The molecular weight excluding hydrogens is 319 g/mol. The molecule has 0 spiro atoms. The number of benzene rings is 3. The summed E-state index contributed by atoms with van der Waals surface area (Å²) in [6, 6.07) is 24.2. The molecule has 0 saturated heterocycles. The molecule has 0 bridgehead atoms. The van der Waals surface area contributed by atoms with Gasteiger partial charge in [-0.2, -0.15) is 0 Å². The third-order valence-electron chi connectivity index (χ3n) is 3.57. The molecular formula is C18H12NY-. The molecule has 1 aliphatic heterocycles. The zero-order valence-corrected chi connectivity index (χ0v) is 13.8. The first-order valence-corrected chi connectivity index (χ1v) is 6.43. The molecule has 0 saturated carbocycles. The molecule has 3 aromatic rings. The Morgan fingerprint density at radius 3 is 2.65 bits per heavy atom. The van der Waals surface area contributed by atoms with Crippen molar-refractivity contribution < 1.29 is 37.3 Å². The van der Waals surface area contributed by atoms with Gasteiger partial charge in [-0.3, -0.25) is 4.58 Å². The fraction of sp³-hybridized carbons (Fsp3) is 0.0556. The van der Waals surface area contributed by atoms with E-state index in [1.54, 1.807) is 0 Å². The van der Waals surface area contributed by atoms with Gasteiger partial charge in [-0.1, -0.05) is 40.8 Å². The van der Waals surface area contributed by atoms with Crippen LogP contribution in [0.1, 0.15) is 11.1 Å². The third-order valence-corrected chi connectivity index (χ3v) is 3.57. The maximum Gasteiger partial charge on any atom is 0.153 e. The molecule has 1 heterocycles. The van der Waals surface area contributed by atoms with Gasteiger partial charge in [-0.15, -0.1) is 41.8 Å². The molecule has 0 unspecified atom stereocenters. The first-order valence-electron chi connectivity index (χ1n) is 6.43. The van der Waals surface area contributed by atoms with Gasteiger partial charge in [0.25, 0.3) is 0 Å². The fourth-order valence-electron chi connectivity index (χ4n) is 2.63. The Bertz CT molecular complexity index is 800. The van der Waals surface area contributed by atoms with Crippen molar-refractivity contribution in [1.29, 1.82) is 0 Å². The predicted octanol–water partition coefficient (Wildman–Crippen LogP) is 3.79. The molecule has 0 N–H and O–H groups in total. The Kier molecular flexibility index (Phi) is 3.82. The largest absolute Gasteiger partial charge is 0.279 e. The number of hydrogen-bond donors (Lipinski definition) is 0. The van der Waals surface area contributed by atoms with Gasteiger partial charge in [0.05, 0.1) is 0 Å². The summed E-state index contributed by atoms with van der Waals surface area (Å²) in [4.78, 5) is 0. The summed E-state index contributed by atoms with van der Waals surface area (Å²) >= 11 is 0. The summed E-state index contributed by atoms with van der Waals surface area (Å²) in [5, 5.41) is 2.38. The Labute approximate surface area is 143 Å². The van der Waals surface area contributed by atoms with Crippen molar-refractivity contribution in [2.24, 2.45) is 0 Å². The molecule has 20 heavy (non-hydrogen) atoms. The normalized spacial score (nSPS) is 12.7. The SMILES string of the molecule is [C-]1=[N+](c2cccc3ccc[c-]c23)Cc2ccccc21.[Y]. The van der Waals surface area contributed by atoms with Gasteiger partial charge in [0.15, 0.2) is 6.21 Å². The molecule has 1 radical (unpaired) electrons. The van der Waals surface area contributed by atoms with Crippen molar-refractivity contribution in [1.82, 2.24) is 0 Å². The summed E-state index contributed by atoms with van der Waals surface area (Å²) < 4.78 is 2.18. The van der Waals surface area contributed by atoms with Crippen LogP contribution in [-0.2, 0) is 39.3 Å². The third kappa shape index (κ3) is 2.26. The van der Waals surface area contributed by atoms with Crippen LogP contribution in [0.3, 0.4) is 0 Å². The summed E-state index contributed by atoms with van der Waals surface area (Å²) in [5.74, 6) is 0. The van der Waals surface area contributed by atoms with Crippen molar-refractivity contribution in [2.45, 2.75) is 6.54 Å². The Morgan fingerprint density at radius 2 is 1.75 bits per heavy atom. The van der Waals surface area contributed by atoms with Crippen LogP contribution in [-0.4, -0.2) is 10.8 Å². The minimum absolute atomic E-state index is 0. The topological polar surface area (TPSA) is 3.01 Å². The quantitative estimate of drug-likeness (QED) is 0.471. The van der Waals surface area contributed by atoms with E-state index in [0.29, 0.717) is 0 Å². The molecule has 1 nitrogen and oxygen atoms in total. The van der Waals surface area contributed by atoms with E-state index in [9.17, 15) is 0 Å². The first-order chi connectivity index (χ1) is 9.42. The van der Waals surface area contributed by atoms with Gasteiger partial charge in [0.1, 0.15) is 12.2 Å². The second-order valence-corrected chi connectivity index (χ2v) is 4.77. The molecule has 3 aromatic carbocycles. The Balaban J connectivity index is 0.00000121. The van der Waals surface area contributed by atoms with Gasteiger partial charge in [0.2, 0.25) is 0 Å². The van der Waals surface area contributed by atoms with E-state index in [4.69, 9.17) is 0 Å². The van der Waals surface area contributed by atoms with E-state index >= 15 is 0 Å². The number of rotatable bonds is 1. The summed E-state index contributed by atoms with van der Waals surface area (Å²) in [5.41, 5.74) is 3.69. The van der Waals surface area contributed by atoms with Gasteiger partial charge < -0.3 is 0 Å². The van der Waals surface area contributed by atoms with Crippen LogP contribution in [0.2, 0.25) is 0 Å². The monoisotopic (exact) mass is 331 g/mol. The van der Waals surface area contributed by atoms with Crippen LogP contribution in [0.4, 0.5) is 5.69 Å². The maximum absolute atomic E-state index is 3.46. The van der Waals surface area contributed by atoms with E-state index in [-0.39, 0.29) is 32.7 Å². The van der Waals surface area contributed by atoms with E-state index in [1.165, 1.54) is 22.2 Å². The first kappa shape index (κ1) is 13.7. The van der Waals surface area contributed by atoms with Crippen LogP contribution in [0.5, 0.6) is 0 Å². The summed E-state index contributed by atoms with van der Waals surface area (Å²) in [6.45, 7) is 0.887. The second-order valence-electron chi connectivity index (χ2n) is 4.77. The summed E-state index contributed by atoms with van der Waals surface area (Å²) in [6.07, 6.45) is 3.46. The Morgan fingerprint density at radius 1 is 0.900 bits per heavy atom. The van der Waals surface area contributed by atoms with Crippen LogP contribution < -0.4 is 0 Å². The van der Waals surface area contributed by atoms with Crippen molar-refractivity contribution in [2.75, 3.05) is 0 Å². The average molecular weight is 331 g/mol. The Hall–Kier alpha value is -1.31. The van der Waals surface area contributed by atoms with Crippen LogP contribution in [0.25, 0.3) is 10.8 Å². The molecule has 2 heteroatoms. The van der Waals surface area contributed by atoms with Crippen LogP contribution >= 0.6 is 0 Å². The smallest absolute Gasteiger partial charge is 0.153 e. The number of hydrogen-bond acceptors (Lipinski definition) is 0. The van der Waals surface area contributed by atoms with E-state index < -0.39 is 0 Å². The molecule has 1 aliphatic rings. The molecule has 4 rings (SSSR count). The van der Waals surface area contributed by atoms with E-state index in [2.05, 4.69) is 65.4 Å². The molecule has 93 valence electrons. The van der Waals surface area contributed by atoms with E-state index in [1.807, 2.05) is 12.1 Å². The molecule has 0 atom stereocenters. The van der Waals surface area contributed by atoms with Gasteiger partial charge >= 0.3 is 0 Å². The predicted molar refractivity (Wildman–Crippen MR) is 77.0 cm³/mol. The minimum Gasteiger partial charge on any atom is -0.279 e. The van der Waals surface area contributed by atoms with Crippen molar-refractivity contribution in [3.05, 3.63) is 77.9 Å². The van der Waals surface area contributed by atoms with Gasteiger partial charge in [0, 0.05) is 32.7 Å². The van der Waals surface area contributed by atoms with Crippen LogP contribution in [0.15, 0.2) is 60.7 Å². The van der Waals surface area contributed by atoms with Crippen molar-refractivity contribution >= 4 is 22.7 Å². The average Bonchev–Trinajstić information content (AvgIpc) is 2.90. The zero-order valence-electron chi connectivity index (χ0n) is 11.0. The molecule has 0 amide bonds. The fourth-order valence-corrected chi connectivity index (χ4v) is 2.63. The summed E-state index contributed by atoms with van der Waals surface area (Å²) in [7, 11) is 0. The van der Waals surface area contributed by atoms with Crippen LogP contribution in [0, 0.1) is 6.07 Å².